The molecule has 0 heterocycles. The highest BCUT2D eigenvalue weighted by atomic mass is 16.5. The van der Waals surface area contributed by atoms with Crippen LogP contribution >= 0.6 is 0 Å². The number of hydrogen-bond acceptors (Lipinski definition) is 4. The molecule has 0 radical (unpaired) electrons. The Morgan fingerprint density at radius 1 is 1.11 bits per heavy atom. The van der Waals surface area contributed by atoms with Crippen molar-refractivity contribution in [1.82, 2.24) is 0 Å². The van der Waals surface area contributed by atoms with Crippen LogP contribution in [-0.4, -0.2) is 35.5 Å². The molecule has 0 aromatic heterocycles. The lowest BCUT2D eigenvalue weighted by Gasteiger charge is -2.43. The van der Waals surface area contributed by atoms with Crippen molar-refractivity contribution in [3.63, 3.8) is 0 Å². The van der Waals surface area contributed by atoms with E-state index in [4.69, 9.17) is 9.84 Å². The van der Waals surface area contributed by atoms with Crippen LogP contribution in [-0.2, 0) is 9.53 Å². The first kappa shape index (κ1) is 18.4. The quantitative estimate of drug-likeness (QED) is 0.755. The van der Waals surface area contributed by atoms with Crippen molar-refractivity contribution in [2.45, 2.75) is 61.0 Å². The summed E-state index contributed by atoms with van der Waals surface area (Å²) in [5.74, 6) is -0.317. The smallest absolute Gasteiger partial charge is 0.312 e. The van der Waals surface area contributed by atoms with E-state index < -0.39 is 18.1 Å². The van der Waals surface area contributed by atoms with E-state index in [0.717, 1.165) is 0 Å². The molecular formula is C15H30O4. The van der Waals surface area contributed by atoms with Crippen LogP contribution in [0, 0.1) is 16.2 Å². The van der Waals surface area contributed by atoms with Gasteiger partial charge >= 0.3 is 5.97 Å². The maximum absolute atomic E-state index is 12.4. The summed E-state index contributed by atoms with van der Waals surface area (Å²) >= 11 is 0. The summed E-state index contributed by atoms with van der Waals surface area (Å²) in [4.78, 5) is 12.4. The van der Waals surface area contributed by atoms with Gasteiger partial charge in [0.2, 0.25) is 0 Å². The van der Waals surface area contributed by atoms with Gasteiger partial charge in [-0.1, -0.05) is 41.5 Å². The van der Waals surface area contributed by atoms with Gasteiger partial charge in [-0.3, -0.25) is 4.79 Å². The van der Waals surface area contributed by atoms with Gasteiger partial charge in [-0.25, -0.2) is 0 Å². The Morgan fingerprint density at radius 2 is 1.58 bits per heavy atom. The number of carbonyl (C=O) groups excluding carboxylic acids is 1. The van der Waals surface area contributed by atoms with E-state index in [1.165, 1.54) is 0 Å². The van der Waals surface area contributed by atoms with Crippen LogP contribution in [0.5, 0.6) is 0 Å². The summed E-state index contributed by atoms with van der Waals surface area (Å²) in [5, 5.41) is 18.0. The van der Waals surface area contributed by atoms with Crippen LogP contribution in [0.25, 0.3) is 0 Å². The standard InChI is InChI=1S/C15H30O4/c1-13(2,3)10-15(7,14(4,5)6)12(18)19-9-11(17)8-16/h11,16-17H,8-10H2,1-7H3. The lowest BCUT2D eigenvalue weighted by atomic mass is 9.61. The largest absolute Gasteiger partial charge is 0.462 e. The molecule has 2 unspecified atom stereocenters. The van der Waals surface area contributed by atoms with E-state index in [-0.39, 0.29) is 23.4 Å². The van der Waals surface area contributed by atoms with Gasteiger partial charge in [-0.15, -0.1) is 0 Å². The first-order chi connectivity index (χ1) is 8.33. The number of aliphatic hydroxyl groups excluding tert-OH is 2. The molecule has 114 valence electrons. The molecule has 0 spiro atoms. The molecule has 0 amide bonds. The summed E-state index contributed by atoms with van der Waals surface area (Å²) in [6.07, 6.45) is -0.319. The lowest BCUT2D eigenvalue weighted by Crippen LogP contribution is -2.45. The predicted octanol–water partition coefficient (Wildman–Crippen LogP) is 2.37. The number of hydrogen-bond donors (Lipinski definition) is 2. The molecule has 0 aliphatic heterocycles. The molecule has 4 nitrogen and oxygen atoms in total. The number of esters is 1. The molecular weight excluding hydrogens is 244 g/mol. The third kappa shape index (κ3) is 5.49. The minimum Gasteiger partial charge on any atom is -0.462 e. The second kappa shape index (κ2) is 6.23. The average molecular weight is 274 g/mol. The van der Waals surface area contributed by atoms with E-state index in [0.29, 0.717) is 6.42 Å². The SMILES string of the molecule is CC(C)(C)CC(C)(C(=O)OCC(O)CO)C(C)(C)C. The van der Waals surface area contributed by atoms with Crippen molar-refractivity contribution in [2.24, 2.45) is 16.2 Å². The van der Waals surface area contributed by atoms with Gasteiger partial charge in [0.25, 0.3) is 0 Å². The van der Waals surface area contributed by atoms with E-state index in [1.807, 2.05) is 27.7 Å². The topological polar surface area (TPSA) is 66.8 Å². The van der Waals surface area contributed by atoms with E-state index >= 15 is 0 Å². The molecule has 0 aromatic rings. The molecule has 0 bridgehead atoms. The highest BCUT2D eigenvalue weighted by Crippen LogP contribution is 2.47. The van der Waals surface area contributed by atoms with Gasteiger partial charge in [0, 0.05) is 0 Å². The van der Waals surface area contributed by atoms with Gasteiger partial charge in [-0.2, -0.15) is 0 Å². The van der Waals surface area contributed by atoms with Crippen molar-refractivity contribution in [3.05, 3.63) is 0 Å². The summed E-state index contributed by atoms with van der Waals surface area (Å²) < 4.78 is 5.18. The van der Waals surface area contributed by atoms with E-state index in [2.05, 4.69) is 20.8 Å². The van der Waals surface area contributed by atoms with Crippen LogP contribution in [0.1, 0.15) is 54.9 Å². The molecule has 0 rings (SSSR count). The first-order valence-corrected chi connectivity index (χ1v) is 6.79. The Hall–Kier alpha value is -0.610. The zero-order valence-electron chi connectivity index (χ0n) is 13.4. The Kier molecular flexibility index (Phi) is 6.03. The third-order valence-corrected chi connectivity index (χ3v) is 3.61. The van der Waals surface area contributed by atoms with Crippen molar-refractivity contribution in [2.75, 3.05) is 13.2 Å². The first-order valence-electron chi connectivity index (χ1n) is 6.79. The van der Waals surface area contributed by atoms with Crippen LogP contribution in [0.15, 0.2) is 0 Å². The summed E-state index contributed by atoms with van der Waals surface area (Å²) in [6, 6.07) is 0. The van der Waals surface area contributed by atoms with Gasteiger partial charge in [0.15, 0.2) is 0 Å². The van der Waals surface area contributed by atoms with Gasteiger partial charge in [0.1, 0.15) is 12.7 Å². The molecule has 19 heavy (non-hydrogen) atoms. The van der Waals surface area contributed by atoms with Crippen molar-refractivity contribution >= 4 is 5.97 Å². The highest BCUT2D eigenvalue weighted by molar-refractivity contribution is 5.77. The summed E-state index contributed by atoms with van der Waals surface area (Å²) in [7, 11) is 0. The minimum atomic E-state index is -1.01. The molecule has 2 atom stereocenters. The van der Waals surface area contributed by atoms with Crippen molar-refractivity contribution in [3.8, 4) is 0 Å². The van der Waals surface area contributed by atoms with Crippen LogP contribution in [0.3, 0.4) is 0 Å². The predicted molar refractivity (Wildman–Crippen MR) is 75.7 cm³/mol. The van der Waals surface area contributed by atoms with Crippen LogP contribution in [0.4, 0.5) is 0 Å². The number of aliphatic hydroxyl groups is 2. The Morgan fingerprint density at radius 3 is 1.89 bits per heavy atom. The Balaban J connectivity index is 5.01. The second-order valence-electron chi connectivity index (χ2n) is 7.75. The van der Waals surface area contributed by atoms with E-state index in [9.17, 15) is 9.90 Å². The Bertz CT molecular complexity index is 298. The normalized spacial score (nSPS) is 17.7. The summed E-state index contributed by atoms with van der Waals surface area (Å²) in [6.45, 7) is 13.7. The Labute approximate surface area is 117 Å². The zero-order valence-corrected chi connectivity index (χ0v) is 13.4. The van der Waals surface area contributed by atoms with Crippen molar-refractivity contribution < 1.29 is 19.7 Å². The molecule has 0 saturated heterocycles. The maximum atomic E-state index is 12.4. The lowest BCUT2D eigenvalue weighted by molar-refractivity contribution is -0.168. The maximum Gasteiger partial charge on any atom is 0.312 e. The van der Waals surface area contributed by atoms with Crippen LogP contribution in [0.2, 0.25) is 0 Å². The minimum absolute atomic E-state index is 0.00333. The van der Waals surface area contributed by atoms with E-state index in [1.54, 1.807) is 0 Å². The van der Waals surface area contributed by atoms with Crippen LogP contribution < -0.4 is 0 Å². The molecule has 0 aliphatic rings. The van der Waals surface area contributed by atoms with Gasteiger partial charge < -0.3 is 14.9 Å². The molecule has 0 aliphatic carbocycles. The molecule has 0 saturated carbocycles. The highest BCUT2D eigenvalue weighted by Gasteiger charge is 2.47. The van der Waals surface area contributed by atoms with Gasteiger partial charge in [0.05, 0.1) is 12.0 Å². The monoisotopic (exact) mass is 274 g/mol. The third-order valence-electron chi connectivity index (χ3n) is 3.61. The number of rotatable bonds is 5. The molecule has 4 heteroatoms. The number of ether oxygens (including phenoxy) is 1. The fourth-order valence-electron chi connectivity index (χ4n) is 2.09. The molecule has 2 N–H and O–H groups in total. The second-order valence-corrected chi connectivity index (χ2v) is 7.75. The molecule has 0 aromatic carbocycles. The van der Waals surface area contributed by atoms with Gasteiger partial charge in [-0.05, 0) is 24.2 Å². The zero-order chi connectivity index (χ0) is 15.5. The summed E-state index contributed by atoms with van der Waals surface area (Å²) in [5.41, 5.74) is -0.890. The average Bonchev–Trinajstić information content (AvgIpc) is 2.21. The fraction of sp³-hybridized carbons (Fsp3) is 0.933. The van der Waals surface area contributed by atoms with Crippen molar-refractivity contribution in [1.29, 1.82) is 0 Å². The molecule has 0 fully saturated rings. The fourth-order valence-corrected chi connectivity index (χ4v) is 2.09. The number of carbonyl (C=O) groups is 1.